The first kappa shape index (κ1) is 18.8. The number of rotatable bonds is 8. The van der Waals surface area contributed by atoms with Crippen molar-refractivity contribution in [2.75, 3.05) is 20.8 Å². The average Bonchev–Trinajstić information content (AvgIpc) is 3.18. The molecule has 4 nitrogen and oxygen atoms in total. The van der Waals surface area contributed by atoms with Crippen molar-refractivity contribution in [3.63, 3.8) is 0 Å². The van der Waals surface area contributed by atoms with Crippen LogP contribution in [0.25, 0.3) is 6.08 Å². The van der Waals surface area contributed by atoms with Gasteiger partial charge in [0.05, 0.1) is 13.2 Å². The summed E-state index contributed by atoms with van der Waals surface area (Å²) in [7, 11) is 3.40. The molecular formula is C20H23NO3S. The Kier molecular flexibility index (Phi) is 6.83. The van der Waals surface area contributed by atoms with Crippen molar-refractivity contribution in [1.82, 2.24) is 4.90 Å². The standard InChI is InChI=1S/C20H23NO3S/c1-5-12-24-17-10-8-16(14-18(17)23-4)9-11-20(22)21(3)15(2)19-7-6-13-25-19/h5-11,13-15H,1,12H2,2-4H3/b11-9+. The van der Waals surface area contributed by atoms with Crippen molar-refractivity contribution < 1.29 is 14.3 Å². The smallest absolute Gasteiger partial charge is 0.246 e. The molecule has 0 fully saturated rings. The fraction of sp³-hybridized carbons (Fsp3) is 0.250. The highest BCUT2D eigenvalue weighted by atomic mass is 32.1. The molecule has 0 saturated carbocycles. The van der Waals surface area contributed by atoms with Crippen LogP contribution in [0.2, 0.25) is 0 Å². The van der Waals surface area contributed by atoms with E-state index in [2.05, 4.69) is 6.58 Å². The minimum atomic E-state index is -0.0492. The molecule has 5 heteroatoms. The number of nitrogens with zero attached hydrogens (tertiary/aromatic N) is 1. The van der Waals surface area contributed by atoms with Crippen LogP contribution in [0, 0.1) is 0 Å². The van der Waals surface area contributed by atoms with Crippen molar-refractivity contribution in [2.24, 2.45) is 0 Å². The molecule has 0 radical (unpaired) electrons. The van der Waals surface area contributed by atoms with Gasteiger partial charge >= 0.3 is 0 Å². The Morgan fingerprint density at radius 3 is 2.80 bits per heavy atom. The predicted molar refractivity (Wildman–Crippen MR) is 103 cm³/mol. The Morgan fingerprint density at radius 1 is 1.36 bits per heavy atom. The highest BCUT2D eigenvalue weighted by molar-refractivity contribution is 7.10. The molecule has 0 N–H and O–H groups in total. The largest absolute Gasteiger partial charge is 0.493 e. The van der Waals surface area contributed by atoms with Gasteiger partial charge in [0.2, 0.25) is 5.91 Å². The Balaban J connectivity index is 2.07. The van der Waals surface area contributed by atoms with Gasteiger partial charge in [0.15, 0.2) is 11.5 Å². The molecule has 25 heavy (non-hydrogen) atoms. The van der Waals surface area contributed by atoms with Gasteiger partial charge in [0.25, 0.3) is 0 Å². The summed E-state index contributed by atoms with van der Waals surface area (Å²) < 4.78 is 10.9. The van der Waals surface area contributed by atoms with E-state index in [9.17, 15) is 4.79 Å². The molecule has 1 aromatic carbocycles. The number of amides is 1. The van der Waals surface area contributed by atoms with Crippen molar-refractivity contribution in [1.29, 1.82) is 0 Å². The van der Waals surface area contributed by atoms with Gasteiger partial charge in [-0.1, -0.05) is 24.8 Å². The second kappa shape index (κ2) is 9.08. The van der Waals surface area contributed by atoms with E-state index in [0.717, 1.165) is 10.4 Å². The molecule has 1 aromatic heterocycles. The third kappa shape index (κ3) is 4.97. The summed E-state index contributed by atoms with van der Waals surface area (Å²) in [6, 6.07) is 9.62. The summed E-state index contributed by atoms with van der Waals surface area (Å²) in [5.74, 6) is 1.22. The number of thiophene rings is 1. The van der Waals surface area contributed by atoms with E-state index < -0.39 is 0 Å². The van der Waals surface area contributed by atoms with Crippen LogP contribution in [-0.2, 0) is 4.79 Å². The summed E-state index contributed by atoms with van der Waals surface area (Å²) >= 11 is 1.65. The second-order valence-corrected chi connectivity index (χ2v) is 6.46. The quantitative estimate of drug-likeness (QED) is 0.514. The van der Waals surface area contributed by atoms with E-state index in [1.165, 1.54) is 0 Å². The number of ether oxygens (including phenoxy) is 2. The molecule has 1 heterocycles. The topological polar surface area (TPSA) is 38.8 Å². The number of hydrogen-bond acceptors (Lipinski definition) is 4. The second-order valence-electron chi connectivity index (χ2n) is 5.48. The Hall–Kier alpha value is -2.53. The van der Waals surface area contributed by atoms with Crippen LogP contribution >= 0.6 is 11.3 Å². The maximum absolute atomic E-state index is 12.4. The zero-order valence-corrected chi connectivity index (χ0v) is 15.6. The van der Waals surface area contributed by atoms with Gasteiger partial charge in [0.1, 0.15) is 6.61 Å². The van der Waals surface area contributed by atoms with Gasteiger partial charge in [0, 0.05) is 18.0 Å². The molecule has 0 bridgehead atoms. The minimum Gasteiger partial charge on any atom is -0.493 e. The molecule has 1 unspecified atom stereocenters. The molecule has 1 atom stereocenters. The maximum Gasteiger partial charge on any atom is 0.246 e. The van der Waals surface area contributed by atoms with Gasteiger partial charge in [-0.2, -0.15) is 0 Å². The van der Waals surface area contributed by atoms with Crippen LogP contribution in [0.1, 0.15) is 23.4 Å². The van der Waals surface area contributed by atoms with Gasteiger partial charge in [-0.15, -0.1) is 11.3 Å². The molecule has 0 saturated heterocycles. The maximum atomic E-state index is 12.4. The monoisotopic (exact) mass is 357 g/mol. The first-order valence-corrected chi connectivity index (χ1v) is 8.84. The van der Waals surface area contributed by atoms with Gasteiger partial charge < -0.3 is 14.4 Å². The Labute approximate surface area is 153 Å². The van der Waals surface area contributed by atoms with Gasteiger partial charge in [-0.25, -0.2) is 0 Å². The van der Waals surface area contributed by atoms with Crippen molar-refractivity contribution in [3.8, 4) is 11.5 Å². The van der Waals surface area contributed by atoms with Gasteiger partial charge in [-0.05, 0) is 42.1 Å². The minimum absolute atomic E-state index is 0.0429. The van der Waals surface area contributed by atoms with Crippen molar-refractivity contribution in [2.45, 2.75) is 13.0 Å². The molecule has 2 rings (SSSR count). The normalized spacial score (nSPS) is 12.0. The number of hydrogen-bond donors (Lipinski definition) is 0. The van der Waals surface area contributed by atoms with E-state index in [4.69, 9.17) is 9.47 Å². The molecule has 0 aliphatic heterocycles. The number of benzene rings is 1. The summed E-state index contributed by atoms with van der Waals surface area (Å²) in [6.07, 6.45) is 5.03. The van der Waals surface area contributed by atoms with Crippen LogP contribution in [0.4, 0.5) is 0 Å². The number of likely N-dealkylation sites (N-methyl/N-ethyl adjacent to an activating group) is 1. The lowest BCUT2D eigenvalue weighted by Gasteiger charge is -2.22. The number of methoxy groups -OCH3 is 1. The average molecular weight is 357 g/mol. The van der Waals surface area contributed by atoms with Crippen molar-refractivity contribution in [3.05, 3.63) is 64.9 Å². The van der Waals surface area contributed by atoms with Gasteiger partial charge in [-0.3, -0.25) is 4.79 Å². The van der Waals surface area contributed by atoms with E-state index in [1.54, 1.807) is 41.6 Å². The first-order chi connectivity index (χ1) is 12.1. The lowest BCUT2D eigenvalue weighted by molar-refractivity contribution is -0.126. The van der Waals surface area contributed by atoms with Crippen LogP contribution in [0.3, 0.4) is 0 Å². The zero-order valence-electron chi connectivity index (χ0n) is 14.8. The molecule has 0 spiro atoms. The summed E-state index contributed by atoms with van der Waals surface area (Å²) in [4.78, 5) is 15.3. The Bertz CT molecular complexity index is 737. The fourth-order valence-corrected chi connectivity index (χ4v) is 3.08. The molecule has 1 amide bonds. The molecule has 132 valence electrons. The summed E-state index contributed by atoms with van der Waals surface area (Å²) in [6.45, 7) is 6.06. The number of carbonyl (C=O) groups excluding carboxylic acids is 1. The van der Waals surface area contributed by atoms with Crippen LogP contribution in [0.15, 0.2) is 54.4 Å². The molecule has 0 aliphatic rings. The molecule has 2 aromatic rings. The lowest BCUT2D eigenvalue weighted by Crippen LogP contribution is -2.27. The number of carbonyl (C=O) groups is 1. The third-order valence-corrected chi connectivity index (χ3v) is 4.89. The summed E-state index contributed by atoms with van der Waals surface area (Å²) in [5, 5.41) is 2.02. The van der Waals surface area contributed by atoms with E-state index in [1.807, 2.05) is 49.7 Å². The zero-order chi connectivity index (χ0) is 18.2. The third-order valence-electron chi connectivity index (χ3n) is 3.85. The SMILES string of the molecule is C=CCOc1ccc(/C=C/C(=O)N(C)C(C)c2cccs2)cc1OC. The van der Waals surface area contributed by atoms with E-state index >= 15 is 0 Å². The van der Waals surface area contributed by atoms with Crippen LogP contribution in [0.5, 0.6) is 11.5 Å². The lowest BCUT2D eigenvalue weighted by atomic mass is 10.1. The summed E-state index contributed by atoms with van der Waals surface area (Å²) in [5.41, 5.74) is 0.869. The van der Waals surface area contributed by atoms with E-state index in [-0.39, 0.29) is 11.9 Å². The highest BCUT2D eigenvalue weighted by Crippen LogP contribution is 2.29. The van der Waals surface area contributed by atoms with Crippen LogP contribution < -0.4 is 9.47 Å². The van der Waals surface area contributed by atoms with E-state index in [0.29, 0.717) is 18.1 Å². The molecule has 0 aliphatic carbocycles. The fourth-order valence-electron chi connectivity index (χ4n) is 2.25. The van der Waals surface area contributed by atoms with Crippen molar-refractivity contribution >= 4 is 23.3 Å². The van der Waals surface area contributed by atoms with Crippen LogP contribution in [-0.4, -0.2) is 31.6 Å². The predicted octanol–water partition coefficient (Wildman–Crippen LogP) is 4.55. The molecular weight excluding hydrogens is 334 g/mol. The highest BCUT2D eigenvalue weighted by Gasteiger charge is 2.16. The first-order valence-electron chi connectivity index (χ1n) is 7.96. The Morgan fingerprint density at radius 2 is 2.16 bits per heavy atom.